The normalized spacial score (nSPS) is 14.9. The van der Waals surface area contributed by atoms with Gasteiger partial charge in [-0.15, -0.1) is 0 Å². The van der Waals surface area contributed by atoms with Crippen LogP contribution in [0, 0.1) is 0 Å². The van der Waals surface area contributed by atoms with Gasteiger partial charge >= 0.3 is 0 Å². The largest absolute Gasteiger partial charge is 0.508 e. The number of nitrogens with one attached hydrogen (secondary N) is 2. The van der Waals surface area contributed by atoms with Gasteiger partial charge in [0.25, 0.3) is 0 Å². The van der Waals surface area contributed by atoms with Gasteiger partial charge in [0.15, 0.2) is 11.5 Å². The van der Waals surface area contributed by atoms with Crippen molar-refractivity contribution in [1.29, 1.82) is 0 Å². The van der Waals surface area contributed by atoms with Gasteiger partial charge in [0.2, 0.25) is 5.91 Å². The number of benzene rings is 2. The topological polar surface area (TPSA) is 92.3 Å². The molecule has 3 N–H and O–H groups in total. The highest BCUT2D eigenvalue weighted by Gasteiger charge is 2.11. The third kappa shape index (κ3) is 7.94. The highest BCUT2D eigenvalue weighted by molar-refractivity contribution is 5.76. The van der Waals surface area contributed by atoms with Crippen LogP contribution in [0.3, 0.4) is 0 Å². The van der Waals surface area contributed by atoms with E-state index in [0.717, 1.165) is 30.0 Å². The van der Waals surface area contributed by atoms with E-state index in [-0.39, 0.29) is 18.1 Å². The molecule has 1 amide bonds. The van der Waals surface area contributed by atoms with E-state index in [1.807, 2.05) is 18.2 Å². The number of fused-ring (bicyclic) bond motifs is 1. The zero-order chi connectivity index (χ0) is 22.6. The van der Waals surface area contributed by atoms with Crippen molar-refractivity contribution in [3.63, 3.8) is 0 Å². The summed E-state index contributed by atoms with van der Waals surface area (Å²) >= 11 is 0. The Morgan fingerprint density at radius 3 is 2.62 bits per heavy atom. The van der Waals surface area contributed by atoms with Gasteiger partial charge in [-0.1, -0.05) is 13.0 Å². The third-order valence-corrected chi connectivity index (χ3v) is 5.10. The van der Waals surface area contributed by atoms with Crippen LogP contribution >= 0.6 is 0 Å². The molecule has 0 aliphatic carbocycles. The lowest BCUT2D eigenvalue weighted by Gasteiger charge is -2.18. The fourth-order valence-electron chi connectivity index (χ4n) is 3.34. The molecule has 0 spiro atoms. The van der Waals surface area contributed by atoms with Crippen LogP contribution in [-0.4, -0.2) is 62.0 Å². The van der Waals surface area contributed by atoms with E-state index >= 15 is 0 Å². The highest BCUT2D eigenvalue weighted by atomic mass is 16.6. The van der Waals surface area contributed by atoms with Crippen molar-refractivity contribution in [3.8, 4) is 23.0 Å². The molecule has 1 saturated heterocycles. The molecule has 2 aromatic rings. The molecule has 0 saturated carbocycles. The third-order valence-electron chi connectivity index (χ3n) is 5.10. The monoisotopic (exact) mass is 443 g/mol. The number of phenolic OH excluding ortho intramolecular Hbond substituents is 1. The molecule has 2 aliphatic heterocycles. The summed E-state index contributed by atoms with van der Waals surface area (Å²) in [6, 6.07) is 12.2. The Hall–Kier alpha value is -2.97. The fraction of sp³-hybridized carbons (Fsp3) is 0.458. The predicted molar refractivity (Wildman–Crippen MR) is 122 cm³/mol. The predicted octanol–water partition coefficient (Wildman–Crippen LogP) is 2.51. The minimum Gasteiger partial charge on any atom is -0.508 e. The number of nitrogens with zero attached hydrogens (tertiary/aromatic N) is 1. The Morgan fingerprint density at radius 1 is 1.16 bits per heavy atom. The maximum atomic E-state index is 11.8. The summed E-state index contributed by atoms with van der Waals surface area (Å²) in [5.74, 6) is 2.28. The van der Waals surface area contributed by atoms with Crippen molar-refractivity contribution >= 4 is 5.91 Å². The summed E-state index contributed by atoms with van der Waals surface area (Å²) in [7, 11) is 0. The molecule has 8 nitrogen and oxygen atoms in total. The minimum atomic E-state index is -0.0590. The molecule has 4 rings (SSSR count). The summed E-state index contributed by atoms with van der Waals surface area (Å²) < 4.78 is 16.5. The van der Waals surface area contributed by atoms with Gasteiger partial charge in [0.1, 0.15) is 24.7 Å². The molecule has 2 heterocycles. The molecule has 0 aromatic heterocycles. The van der Waals surface area contributed by atoms with Crippen molar-refractivity contribution in [2.24, 2.45) is 0 Å². The minimum absolute atomic E-state index is 0.0590. The Morgan fingerprint density at radius 2 is 1.94 bits per heavy atom. The first-order valence-corrected chi connectivity index (χ1v) is 11.2. The van der Waals surface area contributed by atoms with Crippen molar-refractivity contribution < 1.29 is 24.1 Å². The van der Waals surface area contributed by atoms with Crippen molar-refractivity contribution in [1.82, 2.24) is 15.8 Å². The average molecular weight is 444 g/mol. The van der Waals surface area contributed by atoms with Crippen LogP contribution in [0.1, 0.15) is 25.3 Å². The average Bonchev–Trinajstić information content (AvgIpc) is 3.35. The number of rotatable bonds is 8. The maximum absolute atomic E-state index is 11.8. The van der Waals surface area contributed by atoms with Crippen molar-refractivity contribution in [2.45, 2.75) is 26.2 Å². The van der Waals surface area contributed by atoms with Crippen molar-refractivity contribution in [3.05, 3.63) is 48.0 Å². The van der Waals surface area contributed by atoms with Gasteiger partial charge in [-0.2, -0.15) is 0 Å². The molecule has 0 bridgehead atoms. The summed E-state index contributed by atoms with van der Waals surface area (Å²) in [4.78, 5) is 11.8. The quantitative estimate of drug-likeness (QED) is 0.577. The van der Waals surface area contributed by atoms with E-state index in [0.29, 0.717) is 32.1 Å². The van der Waals surface area contributed by atoms with E-state index in [9.17, 15) is 9.90 Å². The molecule has 8 heteroatoms. The first kappa shape index (κ1) is 23.7. The van der Waals surface area contributed by atoms with E-state index < -0.39 is 0 Å². The lowest BCUT2D eigenvalue weighted by molar-refractivity contribution is -0.121. The number of carbonyl (C=O) groups excluding carboxylic acids is 1. The molecule has 1 fully saturated rings. The Labute approximate surface area is 189 Å². The zero-order valence-electron chi connectivity index (χ0n) is 18.6. The molecule has 0 atom stereocenters. The van der Waals surface area contributed by atoms with Gasteiger partial charge in [0.05, 0.1) is 13.0 Å². The maximum Gasteiger partial charge on any atom is 0.223 e. The van der Waals surface area contributed by atoms with Crippen LogP contribution in [-0.2, 0) is 11.2 Å². The summed E-state index contributed by atoms with van der Waals surface area (Å²) in [6.45, 7) is 7.70. The second kappa shape index (κ2) is 12.8. The lowest BCUT2D eigenvalue weighted by atomic mass is 10.1. The number of hydrazine groups is 1. The van der Waals surface area contributed by atoms with Gasteiger partial charge in [0, 0.05) is 26.2 Å². The van der Waals surface area contributed by atoms with Gasteiger partial charge in [-0.3, -0.25) is 10.2 Å². The molecular weight excluding hydrogens is 410 g/mol. The first-order chi connectivity index (χ1) is 15.6. The molecular formula is C24H33N3O5. The van der Waals surface area contributed by atoms with Gasteiger partial charge in [-0.05, 0) is 54.8 Å². The summed E-state index contributed by atoms with van der Waals surface area (Å²) in [6.07, 6.45) is 2.32. The second-order valence-corrected chi connectivity index (χ2v) is 7.51. The SMILES string of the molecule is CCN1CCCN1.O=C(CCOc1ccc(O)cc1)NCCc1ccc2c(c1)OCCO2. The van der Waals surface area contributed by atoms with E-state index in [2.05, 4.69) is 22.7 Å². The summed E-state index contributed by atoms with van der Waals surface area (Å²) in [5, 5.41) is 14.3. The number of hydrogen-bond donors (Lipinski definition) is 3. The molecule has 0 radical (unpaired) electrons. The van der Waals surface area contributed by atoms with Crippen LogP contribution in [0.25, 0.3) is 0 Å². The Balaban J connectivity index is 0.000000352. The Kier molecular flexibility index (Phi) is 9.46. The summed E-state index contributed by atoms with van der Waals surface area (Å²) in [5.41, 5.74) is 4.33. The Bertz CT molecular complexity index is 838. The standard InChI is InChI=1S/C19H21NO5.C5H12N2/c21-15-2-4-16(5-3-15)23-10-8-19(22)20-9-7-14-1-6-17-18(13-14)25-12-11-24-17;1-2-7-5-3-4-6-7/h1-6,13,21H,7-12H2,(H,20,22);6H,2-5H2,1H3. The molecule has 0 unspecified atom stereocenters. The van der Waals surface area contributed by atoms with Crippen LogP contribution in [0.5, 0.6) is 23.0 Å². The number of aromatic hydroxyl groups is 1. The van der Waals surface area contributed by atoms with Gasteiger partial charge < -0.3 is 24.6 Å². The van der Waals surface area contributed by atoms with Crippen LogP contribution in [0.2, 0.25) is 0 Å². The smallest absolute Gasteiger partial charge is 0.223 e. The van der Waals surface area contributed by atoms with Crippen molar-refractivity contribution in [2.75, 3.05) is 46.0 Å². The fourth-order valence-corrected chi connectivity index (χ4v) is 3.34. The highest BCUT2D eigenvalue weighted by Crippen LogP contribution is 2.30. The molecule has 2 aromatic carbocycles. The number of carbonyl (C=O) groups is 1. The van der Waals surface area contributed by atoms with Gasteiger partial charge in [-0.25, -0.2) is 5.01 Å². The number of hydrogen-bond acceptors (Lipinski definition) is 7. The molecule has 174 valence electrons. The van der Waals surface area contributed by atoms with Crippen LogP contribution in [0.15, 0.2) is 42.5 Å². The number of phenols is 1. The van der Waals surface area contributed by atoms with Crippen LogP contribution in [0.4, 0.5) is 0 Å². The van der Waals surface area contributed by atoms with E-state index in [1.165, 1.54) is 19.5 Å². The molecule has 2 aliphatic rings. The zero-order valence-corrected chi connectivity index (χ0v) is 18.6. The number of amides is 1. The number of ether oxygens (including phenoxy) is 3. The van der Waals surface area contributed by atoms with E-state index in [1.54, 1.807) is 24.3 Å². The second-order valence-electron chi connectivity index (χ2n) is 7.51. The first-order valence-electron chi connectivity index (χ1n) is 11.2. The van der Waals surface area contributed by atoms with Crippen LogP contribution < -0.4 is 25.0 Å². The van der Waals surface area contributed by atoms with E-state index in [4.69, 9.17) is 14.2 Å². The lowest BCUT2D eigenvalue weighted by Crippen LogP contribution is -2.29. The molecule has 32 heavy (non-hydrogen) atoms.